The van der Waals surface area contributed by atoms with Gasteiger partial charge in [0, 0.05) is 22.5 Å². The minimum atomic E-state index is -0.344. The predicted octanol–water partition coefficient (Wildman–Crippen LogP) is 6.00. The van der Waals surface area contributed by atoms with Crippen molar-refractivity contribution in [3.05, 3.63) is 142 Å². The molecular weight excluding hydrogens is 486 g/mol. The second kappa shape index (κ2) is 8.89. The van der Waals surface area contributed by atoms with Crippen molar-refractivity contribution in [1.29, 1.82) is 0 Å². The van der Waals surface area contributed by atoms with Crippen molar-refractivity contribution in [2.24, 2.45) is 0 Å². The minimum absolute atomic E-state index is 0.00949. The van der Waals surface area contributed by atoms with Crippen molar-refractivity contribution in [1.82, 2.24) is 14.5 Å². The van der Waals surface area contributed by atoms with Crippen molar-refractivity contribution < 1.29 is 9.59 Å². The van der Waals surface area contributed by atoms with E-state index in [1.54, 1.807) is 41.1 Å². The maximum atomic E-state index is 14.3. The summed E-state index contributed by atoms with van der Waals surface area (Å²) >= 11 is 0. The number of nitrogens with zero attached hydrogens (tertiary/aromatic N) is 3. The van der Waals surface area contributed by atoms with Crippen molar-refractivity contribution in [2.45, 2.75) is 6.54 Å². The van der Waals surface area contributed by atoms with Crippen LogP contribution in [0.3, 0.4) is 0 Å². The molecule has 0 spiro atoms. The van der Waals surface area contributed by atoms with Gasteiger partial charge in [0.15, 0.2) is 0 Å². The van der Waals surface area contributed by atoms with Gasteiger partial charge in [-0.05, 0) is 41.3 Å². The lowest BCUT2D eigenvalue weighted by Crippen LogP contribution is -2.31. The van der Waals surface area contributed by atoms with E-state index in [4.69, 9.17) is 0 Å². The van der Waals surface area contributed by atoms with Crippen LogP contribution in [0.15, 0.2) is 120 Å². The van der Waals surface area contributed by atoms with Crippen LogP contribution in [0.4, 0.5) is 0 Å². The number of para-hydroxylation sites is 1. The van der Waals surface area contributed by atoms with Gasteiger partial charge in [-0.25, -0.2) is 0 Å². The molecule has 1 aliphatic rings. The van der Waals surface area contributed by atoms with E-state index < -0.39 is 0 Å². The Labute approximate surface area is 223 Å². The molecule has 6 aromatic rings. The molecule has 3 heterocycles. The summed E-state index contributed by atoms with van der Waals surface area (Å²) in [5.41, 5.74) is 4.01. The zero-order valence-electron chi connectivity index (χ0n) is 20.7. The van der Waals surface area contributed by atoms with Gasteiger partial charge < -0.3 is 0 Å². The number of aromatic nitrogens is 2. The van der Waals surface area contributed by atoms with Gasteiger partial charge in [-0.1, -0.05) is 78.9 Å². The van der Waals surface area contributed by atoms with Gasteiger partial charge in [-0.3, -0.25) is 28.8 Å². The molecule has 1 aliphatic heterocycles. The molecule has 0 saturated carbocycles. The molecule has 0 N–H and O–H groups in total. The number of hydrogen-bond acceptors (Lipinski definition) is 4. The normalized spacial score (nSPS) is 12.9. The van der Waals surface area contributed by atoms with Crippen LogP contribution >= 0.6 is 0 Å². The van der Waals surface area contributed by atoms with Gasteiger partial charge >= 0.3 is 0 Å². The van der Waals surface area contributed by atoms with Crippen LogP contribution < -0.4 is 5.56 Å². The highest BCUT2D eigenvalue weighted by atomic mass is 16.2. The molecule has 0 radical (unpaired) electrons. The molecule has 39 heavy (non-hydrogen) atoms. The Bertz CT molecular complexity index is 1970. The monoisotopic (exact) mass is 507 g/mol. The first kappa shape index (κ1) is 22.8. The summed E-state index contributed by atoms with van der Waals surface area (Å²) < 4.78 is 1.68. The van der Waals surface area contributed by atoms with Crippen LogP contribution in [0.25, 0.3) is 38.6 Å². The third-order valence-corrected chi connectivity index (χ3v) is 7.29. The number of carbonyl (C=O) groups is 2. The summed E-state index contributed by atoms with van der Waals surface area (Å²) in [6, 6.07) is 33.4. The maximum absolute atomic E-state index is 14.3. The summed E-state index contributed by atoms with van der Waals surface area (Å²) in [5, 5.41) is 2.09. The van der Waals surface area contributed by atoms with Crippen LogP contribution in [0.5, 0.6) is 0 Å². The number of carbonyl (C=O) groups excluding carboxylic acids is 2. The molecule has 4 aromatic carbocycles. The molecule has 0 unspecified atom stereocenters. The van der Waals surface area contributed by atoms with Gasteiger partial charge in [0.25, 0.3) is 17.4 Å². The van der Waals surface area contributed by atoms with E-state index in [1.807, 2.05) is 78.9 Å². The van der Waals surface area contributed by atoms with Gasteiger partial charge in [0.05, 0.1) is 34.6 Å². The van der Waals surface area contributed by atoms with Crippen molar-refractivity contribution in [2.75, 3.05) is 0 Å². The molecule has 2 amide bonds. The topological polar surface area (TPSA) is 72.3 Å². The molecular formula is C33H21N3O3. The fourth-order valence-electron chi connectivity index (χ4n) is 5.52. The SMILES string of the molecule is O=C1c2ccccc2C(=O)N1Cc1c(-c2ccccc2)n(-c2cccc3cccnc23)c(=O)c2ccccc12. The second-order valence-electron chi connectivity index (χ2n) is 9.47. The lowest BCUT2D eigenvalue weighted by atomic mass is 9.97. The highest BCUT2D eigenvalue weighted by Gasteiger charge is 2.36. The van der Waals surface area contributed by atoms with Crippen LogP contribution in [-0.2, 0) is 6.54 Å². The summed E-state index contributed by atoms with van der Waals surface area (Å²) in [6.45, 7) is 0.00949. The summed E-state index contributed by atoms with van der Waals surface area (Å²) in [7, 11) is 0. The smallest absolute Gasteiger partial charge is 0.263 e. The fourth-order valence-corrected chi connectivity index (χ4v) is 5.52. The summed E-state index contributed by atoms with van der Waals surface area (Å²) in [4.78, 5) is 47.0. The first-order valence-corrected chi connectivity index (χ1v) is 12.6. The lowest BCUT2D eigenvalue weighted by molar-refractivity contribution is 0.0643. The number of rotatable bonds is 4. The highest BCUT2D eigenvalue weighted by molar-refractivity contribution is 6.21. The Kier molecular flexibility index (Phi) is 5.20. The second-order valence-corrected chi connectivity index (χ2v) is 9.47. The van der Waals surface area contributed by atoms with Gasteiger partial charge in [0.1, 0.15) is 0 Å². The van der Waals surface area contributed by atoms with E-state index in [-0.39, 0.29) is 23.9 Å². The third-order valence-electron chi connectivity index (χ3n) is 7.29. The predicted molar refractivity (Wildman–Crippen MR) is 151 cm³/mol. The first-order valence-electron chi connectivity index (χ1n) is 12.6. The highest BCUT2D eigenvalue weighted by Crippen LogP contribution is 2.35. The van der Waals surface area contributed by atoms with Crippen LogP contribution in [0, 0.1) is 0 Å². The van der Waals surface area contributed by atoms with Crippen molar-refractivity contribution >= 4 is 33.5 Å². The molecule has 0 atom stereocenters. The molecule has 0 aliphatic carbocycles. The lowest BCUT2D eigenvalue weighted by Gasteiger charge is -2.23. The Balaban J connectivity index is 1.58. The summed E-state index contributed by atoms with van der Waals surface area (Å²) in [6.07, 6.45) is 1.71. The van der Waals surface area contributed by atoms with E-state index in [9.17, 15) is 14.4 Å². The van der Waals surface area contributed by atoms with E-state index in [0.717, 1.165) is 10.9 Å². The average molecular weight is 508 g/mol. The van der Waals surface area contributed by atoms with Crippen LogP contribution in [0.2, 0.25) is 0 Å². The van der Waals surface area contributed by atoms with Gasteiger partial charge in [-0.2, -0.15) is 0 Å². The number of fused-ring (bicyclic) bond motifs is 3. The molecule has 6 nitrogen and oxygen atoms in total. The summed E-state index contributed by atoms with van der Waals surface area (Å²) in [5.74, 6) is -0.688. The Hall–Kier alpha value is -5.36. The quantitative estimate of drug-likeness (QED) is 0.274. The van der Waals surface area contributed by atoms with Crippen molar-refractivity contribution in [3.8, 4) is 16.9 Å². The number of imide groups is 1. The maximum Gasteiger partial charge on any atom is 0.263 e. The molecule has 7 rings (SSSR count). The Morgan fingerprint density at radius 1 is 0.615 bits per heavy atom. The van der Waals surface area contributed by atoms with E-state index in [2.05, 4.69) is 4.98 Å². The minimum Gasteiger partial charge on any atom is -0.274 e. The largest absolute Gasteiger partial charge is 0.274 e. The zero-order valence-corrected chi connectivity index (χ0v) is 20.7. The molecule has 0 bridgehead atoms. The number of amides is 2. The first-order chi connectivity index (χ1) is 19.1. The molecule has 0 saturated heterocycles. The fraction of sp³-hybridized carbons (Fsp3) is 0.0303. The van der Waals surface area contributed by atoms with E-state index in [0.29, 0.717) is 44.4 Å². The molecule has 6 heteroatoms. The number of hydrogen-bond donors (Lipinski definition) is 0. The van der Waals surface area contributed by atoms with E-state index >= 15 is 0 Å². The Morgan fingerprint density at radius 3 is 2.00 bits per heavy atom. The average Bonchev–Trinajstić information content (AvgIpc) is 3.23. The van der Waals surface area contributed by atoms with Gasteiger partial charge in [0.2, 0.25) is 0 Å². The zero-order chi connectivity index (χ0) is 26.5. The number of pyridine rings is 2. The van der Waals surface area contributed by atoms with Crippen molar-refractivity contribution in [3.63, 3.8) is 0 Å². The van der Waals surface area contributed by atoms with Crippen LogP contribution in [-0.4, -0.2) is 26.3 Å². The standard InChI is InChI=1S/C33H21N3O3/c37-31-25-16-6-7-17-26(25)32(38)35(31)20-27-23-14-4-5-15-24(23)33(39)36(30(27)22-10-2-1-3-11-22)28-18-8-12-21-13-9-19-34-29(21)28/h1-19H,20H2. The Morgan fingerprint density at radius 2 is 1.26 bits per heavy atom. The van der Waals surface area contributed by atoms with Gasteiger partial charge in [-0.15, -0.1) is 0 Å². The molecule has 0 fully saturated rings. The molecule has 2 aromatic heterocycles. The van der Waals surface area contributed by atoms with Crippen LogP contribution in [0.1, 0.15) is 26.3 Å². The number of benzene rings is 4. The van der Waals surface area contributed by atoms with E-state index in [1.165, 1.54) is 4.90 Å². The molecule has 186 valence electrons. The third kappa shape index (κ3) is 3.49.